The maximum Gasteiger partial charge on any atom is 0.166 e. The van der Waals surface area contributed by atoms with Crippen LogP contribution < -0.4 is 0 Å². The van der Waals surface area contributed by atoms with Crippen LogP contribution >= 0.6 is 0 Å². The summed E-state index contributed by atoms with van der Waals surface area (Å²) >= 11 is 0. The molecule has 0 aliphatic carbocycles. The molecule has 5 heteroatoms. The molecule has 0 fully saturated rings. The first-order valence-corrected chi connectivity index (χ1v) is 18.0. The third kappa shape index (κ3) is 12.2. The average Bonchev–Trinajstić information content (AvgIpc) is 3.00. The van der Waals surface area contributed by atoms with Gasteiger partial charge in [-0.2, -0.15) is 0 Å². The molecule has 0 unspecified atom stereocenters. The number of hydrogen-bond acceptors (Lipinski definition) is 3. The largest absolute Gasteiger partial charge is 0.744 e. The highest BCUT2D eigenvalue weighted by atomic mass is 32.2. The second kappa shape index (κ2) is 18.6. The standard InChI is InChI=1S/C19H17S.C18H30O3S/c1-16-12-14-19(15-13-16)20(17-8-4-2-5-9-17)18-10-6-3-7-11-18;1-2-3-4-5-6-7-8-9-10-11-12-17-13-15-18(16-14-17)22(19,20)21/h2-15H,1H3;13-16H,2-12H2,1H3,(H,19,20,21)/q+1;/p-1. The lowest BCUT2D eigenvalue weighted by Gasteiger charge is -2.08. The molecule has 0 atom stereocenters. The van der Waals surface area contributed by atoms with Crippen LogP contribution in [0.1, 0.15) is 82.3 Å². The Hall–Kier alpha value is -2.86. The molecule has 0 aliphatic rings. The topological polar surface area (TPSA) is 57.2 Å². The van der Waals surface area contributed by atoms with Gasteiger partial charge in [0.05, 0.1) is 15.8 Å². The Morgan fingerprint density at radius 3 is 1.43 bits per heavy atom. The van der Waals surface area contributed by atoms with E-state index in [9.17, 15) is 13.0 Å². The zero-order valence-electron chi connectivity index (χ0n) is 25.2. The van der Waals surface area contributed by atoms with E-state index in [4.69, 9.17) is 0 Å². The number of rotatable bonds is 15. The van der Waals surface area contributed by atoms with E-state index in [2.05, 4.69) is 98.8 Å². The van der Waals surface area contributed by atoms with Crippen molar-refractivity contribution in [3.8, 4) is 0 Å². The smallest absolute Gasteiger partial charge is 0.166 e. The van der Waals surface area contributed by atoms with Gasteiger partial charge in [0, 0.05) is 0 Å². The number of hydrogen-bond donors (Lipinski definition) is 0. The molecular formula is C37H46O3S2. The Bertz CT molecular complexity index is 1330. The van der Waals surface area contributed by atoms with Crippen LogP contribution in [0.25, 0.3) is 0 Å². The first kappa shape index (κ1) is 33.6. The van der Waals surface area contributed by atoms with Crippen LogP contribution in [0.5, 0.6) is 0 Å². The highest BCUT2D eigenvalue weighted by molar-refractivity contribution is 7.97. The Morgan fingerprint density at radius 1 is 0.548 bits per heavy atom. The van der Waals surface area contributed by atoms with Crippen LogP contribution in [0.4, 0.5) is 0 Å². The van der Waals surface area contributed by atoms with Crippen molar-refractivity contribution in [2.45, 2.75) is 104 Å². The predicted octanol–water partition coefficient (Wildman–Crippen LogP) is 10.1. The molecule has 3 nitrogen and oxygen atoms in total. The minimum atomic E-state index is -4.31. The normalized spacial score (nSPS) is 11.2. The van der Waals surface area contributed by atoms with E-state index in [1.807, 2.05) is 0 Å². The molecule has 0 spiro atoms. The molecule has 4 aromatic rings. The first-order chi connectivity index (χ1) is 20.4. The fourth-order valence-corrected chi connectivity index (χ4v) is 7.39. The van der Waals surface area contributed by atoms with Crippen LogP contribution in [-0.2, 0) is 27.4 Å². The van der Waals surface area contributed by atoms with Gasteiger partial charge in [0.15, 0.2) is 14.7 Å². The van der Waals surface area contributed by atoms with Crippen molar-refractivity contribution < 1.29 is 13.0 Å². The van der Waals surface area contributed by atoms with Crippen molar-refractivity contribution in [3.05, 3.63) is 120 Å². The van der Waals surface area contributed by atoms with E-state index < -0.39 is 10.1 Å². The van der Waals surface area contributed by atoms with Gasteiger partial charge in [0.1, 0.15) is 10.1 Å². The zero-order chi connectivity index (χ0) is 30.0. The lowest BCUT2D eigenvalue weighted by molar-refractivity contribution is 0.463. The van der Waals surface area contributed by atoms with Gasteiger partial charge < -0.3 is 4.55 Å². The maximum absolute atomic E-state index is 10.8. The quantitative estimate of drug-likeness (QED) is 0.0773. The van der Waals surface area contributed by atoms with Crippen LogP contribution in [0, 0.1) is 6.92 Å². The van der Waals surface area contributed by atoms with Gasteiger partial charge in [0.25, 0.3) is 0 Å². The van der Waals surface area contributed by atoms with Crippen molar-refractivity contribution in [2.24, 2.45) is 0 Å². The lowest BCUT2D eigenvalue weighted by atomic mass is 10.0. The molecule has 4 aromatic carbocycles. The van der Waals surface area contributed by atoms with Gasteiger partial charge in [0.2, 0.25) is 0 Å². The van der Waals surface area contributed by atoms with Crippen molar-refractivity contribution in [1.29, 1.82) is 0 Å². The Balaban J connectivity index is 0.000000231. The summed E-state index contributed by atoms with van der Waals surface area (Å²) in [5.74, 6) is 0. The molecule has 0 radical (unpaired) electrons. The van der Waals surface area contributed by atoms with Gasteiger partial charge in [-0.1, -0.05) is 131 Å². The van der Waals surface area contributed by atoms with Crippen LogP contribution in [-0.4, -0.2) is 13.0 Å². The summed E-state index contributed by atoms with van der Waals surface area (Å²) < 4.78 is 32.5. The van der Waals surface area contributed by atoms with Gasteiger partial charge >= 0.3 is 0 Å². The molecule has 0 saturated carbocycles. The Kier molecular flexibility index (Phi) is 14.9. The molecule has 0 aromatic heterocycles. The van der Waals surface area contributed by atoms with Gasteiger partial charge in [-0.3, -0.25) is 0 Å². The molecule has 0 heterocycles. The molecule has 0 aliphatic heterocycles. The highest BCUT2D eigenvalue weighted by Crippen LogP contribution is 2.30. The van der Waals surface area contributed by atoms with Gasteiger partial charge in [-0.25, -0.2) is 8.42 Å². The third-order valence-electron chi connectivity index (χ3n) is 7.25. The van der Waals surface area contributed by atoms with E-state index in [1.54, 1.807) is 12.1 Å². The average molecular weight is 603 g/mol. The molecule has 0 amide bonds. The van der Waals surface area contributed by atoms with E-state index in [1.165, 1.54) is 90.2 Å². The maximum atomic E-state index is 10.8. The summed E-state index contributed by atoms with van der Waals surface area (Å²) in [6.45, 7) is 4.38. The highest BCUT2D eigenvalue weighted by Gasteiger charge is 2.27. The summed E-state index contributed by atoms with van der Waals surface area (Å²) in [6, 6.07) is 36.7. The fourth-order valence-electron chi connectivity index (χ4n) is 4.84. The van der Waals surface area contributed by atoms with Crippen LogP contribution in [0.2, 0.25) is 0 Å². The predicted molar refractivity (Wildman–Crippen MR) is 176 cm³/mol. The summed E-state index contributed by atoms with van der Waals surface area (Å²) in [5, 5.41) is 0. The molecule has 0 N–H and O–H groups in total. The Morgan fingerprint density at radius 2 is 0.976 bits per heavy atom. The zero-order valence-corrected chi connectivity index (χ0v) is 26.8. The molecule has 42 heavy (non-hydrogen) atoms. The minimum absolute atomic E-state index is 0.0229. The fraction of sp³-hybridized carbons (Fsp3) is 0.351. The van der Waals surface area contributed by atoms with Crippen LogP contribution in [0.3, 0.4) is 0 Å². The number of unbranched alkanes of at least 4 members (excludes halogenated alkanes) is 9. The molecule has 4 rings (SSSR count). The minimum Gasteiger partial charge on any atom is -0.744 e. The third-order valence-corrected chi connectivity index (χ3v) is 10.3. The molecule has 0 saturated heterocycles. The first-order valence-electron chi connectivity index (χ1n) is 15.3. The molecule has 0 bridgehead atoms. The number of benzene rings is 4. The van der Waals surface area contributed by atoms with E-state index >= 15 is 0 Å². The SMILES string of the molecule is CCCCCCCCCCCCc1ccc(S(=O)(=O)[O-])cc1.Cc1ccc([S+](c2ccccc2)c2ccccc2)cc1. The summed E-state index contributed by atoms with van der Waals surface area (Å²) in [7, 11) is -4.34. The van der Waals surface area contributed by atoms with Crippen LogP contribution in [0.15, 0.2) is 129 Å². The summed E-state index contributed by atoms with van der Waals surface area (Å²) in [4.78, 5) is 3.96. The Labute approximate surface area is 257 Å². The van der Waals surface area contributed by atoms with Crippen molar-refractivity contribution >= 4 is 21.0 Å². The number of aryl methyl sites for hydroxylation is 2. The van der Waals surface area contributed by atoms with E-state index in [-0.39, 0.29) is 15.8 Å². The van der Waals surface area contributed by atoms with Gasteiger partial charge in [-0.05, 0) is 73.9 Å². The molecular weight excluding hydrogens is 557 g/mol. The van der Waals surface area contributed by atoms with E-state index in [0.29, 0.717) is 0 Å². The monoisotopic (exact) mass is 602 g/mol. The van der Waals surface area contributed by atoms with Crippen molar-refractivity contribution in [3.63, 3.8) is 0 Å². The lowest BCUT2D eigenvalue weighted by Crippen LogP contribution is -2.04. The van der Waals surface area contributed by atoms with Gasteiger partial charge in [-0.15, -0.1) is 0 Å². The van der Waals surface area contributed by atoms with Crippen molar-refractivity contribution in [1.82, 2.24) is 0 Å². The van der Waals surface area contributed by atoms with Crippen molar-refractivity contribution in [2.75, 3.05) is 0 Å². The summed E-state index contributed by atoms with van der Waals surface area (Å²) in [5.41, 5.74) is 2.41. The second-order valence-electron chi connectivity index (χ2n) is 10.8. The second-order valence-corrected chi connectivity index (χ2v) is 14.2. The van der Waals surface area contributed by atoms with E-state index in [0.717, 1.165) is 18.4 Å². The molecule has 224 valence electrons. The summed E-state index contributed by atoms with van der Waals surface area (Å²) in [6.07, 6.45) is 14.0.